The highest BCUT2D eigenvalue weighted by Crippen LogP contribution is 2.35. The summed E-state index contributed by atoms with van der Waals surface area (Å²) in [5, 5.41) is 0. The van der Waals surface area contributed by atoms with E-state index < -0.39 is 12.1 Å². The lowest BCUT2D eigenvalue weighted by atomic mass is 10.1. The summed E-state index contributed by atoms with van der Waals surface area (Å²) in [6.07, 6.45) is -0.323. The van der Waals surface area contributed by atoms with Crippen molar-refractivity contribution in [2.24, 2.45) is 0 Å². The third-order valence-corrected chi connectivity index (χ3v) is 3.40. The molecular formula is C16H19NO5. The van der Waals surface area contributed by atoms with Crippen LogP contribution in [0.5, 0.6) is 5.75 Å². The molecule has 2 rings (SSSR count). The summed E-state index contributed by atoms with van der Waals surface area (Å²) >= 11 is 0. The monoisotopic (exact) mass is 305 g/mol. The third kappa shape index (κ3) is 3.10. The molecule has 1 unspecified atom stereocenters. The zero-order chi connectivity index (χ0) is 16.3. The molecule has 0 saturated carbocycles. The normalized spacial score (nSPS) is 16.8. The van der Waals surface area contributed by atoms with E-state index in [9.17, 15) is 14.4 Å². The number of anilines is 1. The Morgan fingerprint density at radius 2 is 2.05 bits per heavy atom. The van der Waals surface area contributed by atoms with Crippen molar-refractivity contribution in [1.29, 1.82) is 0 Å². The fourth-order valence-corrected chi connectivity index (χ4v) is 2.28. The number of carbonyl (C=O) groups excluding carboxylic acids is 3. The molecule has 6 nitrogen and oxygen atoms in total. The van der Waals surface area contributed by atoms with Crippen molar-refractivity contribution < 1.29 is 23.9 Å². The number of ether oxygens (including phenoxy) is 2. The number of nitrogens with zero attached hydrogens (tertiary/aromatic N) is 1. The van der Waals surface area contributed by atoms with Gasteiger partial charge in [0.25, 0.3) is 5.91 Å². The fourth-order valence-electron chi connectivity index (χ4n) is 2.28. The van der Waals surface area contributed by atoms with Gasteiger partial charge < -0.3 is 9.47 Å². The van der Waals surface area contributed by atoms with Gasteiger partial charge in [-0.25, -0.2) is 0 Å². The van der Waals surface area contributed by atoms with Crippen LogP contribution in [0.1, 0.15) is 37.6 Å². The van der Waals surface area contributed by atoms with E-state index >= 15 is 0 Å². The second-order valence-corrected chi connectivity index (χ2v) is 4.95. The first-order chi connectivity index (χ1) is 10.5. The van der Waals surface area contributed by atoms with Crippen molar-refractivity contribution in [2.45, 2.75) is 33.3 Å². The summed E-state index contributed by atoms with van der Waals surface area (Å²) in [6.45, 7) is 5.13. The number of hydrogen-bond acceptors (Lipinski definition) is 5. The Morgan fingerprint density at radius 3 is 2.68 bits per heavy atom. The van der Waals surface area contributed by atoms with E-state index in [0.29, 0.717) is 23.4 Å². The summed E-state index contributed by atoms with van der Waals surface area (Å²) in [6, 6.07) is 4.90. The van der Waals surface area contributed by atoms with Gasteiger partial charge in [-0.15, -0.1) is 0 Å². The molecule has 0 saturated heterocycles. The zero-order valence-electron chi connectivity index (χ0n) is 12.9. The Hall–Kier alpha value is -2.37. The maximum atomic E-state index is 12.3. The van der Waals surface area contributed by atoms with E-state index in [-0.39, 0.29) is 24.8 Å². The molecule has 1 amide bonds. The molecule has 22 heavy (non-hydrogen) atoms. The second kappa shape index (κ2) is 6.60. The van der Waals surface area contributed by atoms with Gasteiger partial charge in [0.2, 0.25) is 0 Å². The maximum absolute atomic E-state index is 12.3. The number of carbonyl (C=O) groups is 3. The molecule has 118 valence electrons. The molecule has 0 spiro atoms. The highest BCUT2D eigenvalue weighted by Gasteiger charge is 2.33. The first kappa shape index (κ1) is 16.0. The molecular weight excluding hydrogens is 286 g/mol. The van der Waals surface area contributed by atoms with Crippen LogP contribution < -0.4 is 9.64 Å². The SMILES string of the molecule is CCOC(=O)CN1C(=O)C(C)Oc2ccc(C(=O)CC)cc21. The molecule has 0 radical (unpaired) electrons. The number of fused-ring (bicyclic) bond motifs is 1. The number of esters is 1. The van der Waals surface area contributed by atoms with E-state index in [1.54, 1.807) is 39.0 Å². The molecule has 1 aliphatic heterocycles. The lowest BCUT2D eigenvalue weighted by molar-refractivity contribution is -0.143. The van der Waals surface area contributed by atoms with Crippen LogP contribution in [0.25, 0.3) is 0 Å². The molecule has 1 aliphatic rings. The van der Waals surface area contributed by atoms with E-state index in [1.807, 2.05) is 0 Å². The van der Waals surface area contributed by atoms with Crippen LogP contribution in [0.15, 0.2) is 18.2 Å². The smallest absolute Gasteiger partial charge is 0.326 e. The van der Waals surface area contributed by atoms with E-state index in [0.717, 1.165) is 0 Å². The van der Waals surface area contributed by atoms with Gasteiger partial charge in [-0.2, -0.15) is 0 Å². The van der Waals surface area contributed by atoms with Gasteiger partial charge in [0.1, 0.15) is 12.3 Å². The Balaban J connectivity index is 2.39. The van der Waals surface area contributed by atoms with E-state index in [4.69, 9.17) is 9.47 Å². The Morgan fingerprint density at radius 1 is 1.32 bits per heavy atom. The van der Waals surface area contributed by atoms with Crippen LogP contribution >= 0.6 is 0 Å². The quantitative estimate of drug-likeness (QED) is 0.614. The van der Waals surface area contributed by atoms with Crippen LogP contribution in [0.2, 0.25) is 0 Å². The van der Waals surface area contributed by atoms with Crippen LogP contribution in [-0.4, -0.2) is 36.9 Å². The highest BCUT2D eigenvalue weighted by molar-refractivity contribution is 6.05. The minimum Gasteiger partial charge on any atom is -0.479 e. The van der Waals surface area contributed by atoms with Gasteiger partial charge in [0.05, 0.1) is 12.3 Å². The van der Waals surface area contributed by atoms with Crippen molar-refractivity contribution in [3.63, 3.8) is 0 Å². The molecule has 6 heteroatoms. The van der Waals surface area contributed by atoms with Crippen molar-refractivity contribution >= 4 is 23.3 Å². The molecule has 0 aliphatic carbocycles. The zero-order valence-corrected chi connectivity index (χ0v) is 12.9. The molecule has 0 bridgehead atoms. The Kier molecular flexibility index (Phi) is 4.80. The number of benzene rings is 1. The van der Waals surface area contributed by atoms with Gasteiger partial charge >= 0.3 is 5.97 Å². The number of Topliss-reactive ketones (excluding diaryl/α,β-unsaturated/α-hetero) is 1. The lowest BCUT2D eigenvalue weighted by Crippen LogP contribution is -2.47. The van der Waals surface area contributed by atoms with Crippen LogP contribution in [0, 0.1) is 0 Å². The minimum absolute atomic E-state index is 0.0371. The van der Waals surface area contributed by atoms with Gasteiger partial charge in [0.15, 0.2) is 11.9 Å². The molecule has 1 heterocycles. The average molecular weight is 305 g/mol. The van der Waals surface area contributed by atoms with Gasteiger partial charge in [-0.1, -0.05) is 6.92 Å². The van der Waals surface area contributed by atoms with Crippen LogP contribution in [0.3, 0.4) is 0 Å². The van der Waals surface area contributed by atoms with Gasteiger partial charge in [-0.3, -0.25) is 19.3 Å². The second-order valence-electron chi connectivity index (χ2n) is 4.95. The molecule has 0 fully saturated rings. The van der Waals surface area contributed by atoms with Crippen molar-refractivity contribution in [3.8, 4) is 5.75 Å². The molecule has 1 atom stereocenters. The van der Waals surface area contributed by atoms with Crippen molar-refractivity contribution in [2.75, 3.05) is 18.1 Å². The van der Waals surface area contributed by atoms with Crippen molar-refractivity contribution in [3.05, 3.63) is 23.8 Å². The predicted molar refractivity (Wildman–Crippen MR) is 80.1 cm³/mol. The molecule has 0 aromatic heterocycles. The average Bonchev–Trinajstić information content (AvgIpc) is 2.51. The van der Waals surface area contributed by atoms with Crippen LogP contribution in [-0.2, 0) is 14.3 Å². The molecule has 1 aromatic carbocycles. The van der Waals surface area contributed by atoms with Crippen LogP contribution in [0.4, 0.5) is 5.69 Å². The fraction of sp³-hybridized carbons (Fsp3) is 0.438. The lowest BCUT2D eigenvalue weighted by Gasteiger charge is -2.32. The Labute approximate surface area is 129 Å². The number of amides is 1. The summed E-state index contributed by atoms with van der Waals surface area (Å²) in [5.41, 5.74) is 0.913. The highest BCUT2D eigenvalue weighted by atomic mass is 16.5. The molecule has 1 aromatic rings. The standard InChI is InChI=1S/C16H19NO5/c1-4-13(18)11-6-7-14-12(8-11)17(9-15(19)21-5-2)16(20)10(3)22-14/h6-8,10H,4-5,9H2,1-3H3. The summed E-state index contributed by atoms with van der Waals surface area (Å²) < 4.78 is 10.4. The van der Waals surface area contributed by atoms with Crippen molar-refractivity contribution in [1.82, 2.24) is 0 Å². The first-order valence-electron chi connectivity index (χ1n) is 7.28. The van der Waals surface area contributed by atoms with E-state index in [2.05, 4.69) is 0 Å². The Bertz CT molecular complexity index is 611. The first-order valence-corrected chi connectivity index (χ1v) is 7.28. The topological polar surface area (TPSA) is 72.9 Å². The predicted octanol–water partition coefficient (Wildman–Crippen LogP) is 1.96. The maximum Gasteiger partial charge on any atom is 0.326 e. The van der Waals surface area contributed by atoms with Gasteiger partial charge in [-0.05, 0) is 32.0 Å². The van der Waals surface area contributed by atoms with E-state index in [1.165, 1.54) is 4.90 Å². The summed E-state index contributed by atoms with van der Waals surface area (Å²) in [4.78, 5) is 37.2. The van der Waals surface area contributed by atoms with Gasteiger partial charge in [0, 0.05) is 12.0 Å². The summed E-state index contributed by atoms with van der Waals surface area (Å²) in [5.74, 6) is -0.390. The minimum atomic E-state index is -0.686. The number of ketones is 1. The molecule has 0 N–H and O–H groups in total. The number of rotatable bonds is 5. The summed E-state index contributed by atoms with van der Waals surface area (Å²) in [7, 11) is 0. The largest absolute Gasteiger partial charge is 0.479 e. The number of hydrogen-bond donors (Lipinski definition) is 0. The third-order valence-electron chi connectivity index (χ3n) is 3.40.